The first-order chi connectivity index (χ1) is 4.88. The number of hydrogen-bond donors (Lipinski definition) is 0. The lowest BCUT2D eigenvalue weighted by Gasteiger charge is -2.10. The molecular weight excluding hydrogens is 126 g/mol. The summed E-state index contributed by atoms with van der Waals surface area (Å²) < 4.78 is 7.40. The van der Waals surface area contributed by atoms with Crippen LogP contribution in [-0.2, 0) is 4.74 Å². The molecule has 2 nitrogen and oxygen atoms in total. The van der Waals surface area contributed by atoms with Crippen LogP contribution in [-0.4, -0.2) is 16.5 Å². The molecule has 0 radical (unpaired) electrons. The van der Waals surface area contributed by atoms with Gasteiger partial charge in [0.2, 0.25) is 0 Å². The van der Waals surface area contributed by atoms with Gasteiger partial charge < -0.3 is 4.74 Å². The molecule has 1 atom stereocenters. The van der Waals surface area contributed by atoms with Crippen LogP contribution in [0.5, 0.6) is 0 Å². The van der Waals surface area contributed by atoms with E-state index in [-0.39, 0.29) is 6.23 Å². The molecule has 0 fully saturated rings. The summed E-state index contributed by atoms with van der Waals surface area (Å²) >= 11 is 0. The fourth-order valence-electron chi connectivity index (χ4n) is 1.29. The van der Waals surface area contributed by atoms with Crippen molar-refractivity contribution >= 4 is 5.71 Å². The Hall–Kier alpha value is -1.05. The van der Waals surface area contributed by atoms with Gasteiger partial charge in [0, 0.05) is 13.0 Å². The van der Waals surface area contributed by atoms with Gasteiger partial charge in [-0.05, 0) is 6.08 Å². The van der Waals surface area contributed by atoms with Crippen molar-refractivity contribution in [2.45, 2.75) is 19.6 Å². The second-order valence-electron chi connectivity index (χ2n) is 2.53. The van der Waals surface area contributed by atoms with E-state index in [9.17, 15) is 0 Å². The van der Waals surface area contributed by atoms with Crippen LogP contribution in [0.25, 0.3) is 0 Å². The SMILES string of the molecule is CC1OC=CC2=[N+]1C=CC2. The first-order valence-electron chi connectivity index (χ1n) is 3.51. The van der Waals surface area contributed by atoms with E-state index < -0.39 is 0 Å². The quantitative estimate of drug-likeness (QED) is 0.456. The van der Waals surface area contributed by atoms with Crippen LogP contribution < -0.4 is 0 Å². The first kappa shape index (κ1) is 5.71. The summed E-state index contributed by atoms with van der Waals surface area (Å²) in [6.45, 7) is 2.04. The largest absolute Gasteiger partial charge is 0.441 e. The third kappa shape index (κ3) is 0.685. The van der Waals surface area contributed by atoms with Crippen LogP contribution in [0.3, 0.4) is 0 Å². The molecule has 0 aromatic rings. The van der Waals surface area contributed by atoms with E-state index in [4.69, 9.17) is 4.74 Å². The lowest BCUT2D eigenvalue weighted by molar-refractivity contribution is -0.545. The van der Waals surface area contributed by atoms with Crippen molar-refractivity contribution in [1.29, 1.82) is 0 Å². The lowest BCUT2D eigenvalue weighted by atomic mass is 10.3. The number of ether oxygens (including phenoxy) is 1. The summed E-state index contributed by atoms with van der Waals surface area (Å²) in [6, 6.07) is 0. The standard InChI is InChI=1S/C8H10NO/c1-7-9-5-2-3-8(9)4-6-10-7/h2,4-7H,3H2,1H3/q+1. The van der Waals surface area contributed by atoms with Gasteiger partial charge in [0.1, 0.15) is 0 Å². The Bertz CT molecular complexity index is 238. The second-order valence-corrected chi connectivity index (χ2v) is 2.53. The fraction of sp³-hybridized carbons (Fsp3) is 0.375. The van der Waals surface area contributed by atoms with E-state index in [2.05, 4.69) is 16.9 Å². The molecule has 0 aromatic heterocycles. The molecule has 0 spiro atoms. The highest BCUT2D eigenvalue weighted by Crippen LogP contribution is 2.11. The van der Waals surface area contributed by atoms with Crippen molar-refractivity contribution in [3.63, 3.8) is 0 Å². The zero-order valence-corrected chi connectivity index (χ0v) is 5.95. The number of hydrogen-bond acceptors (Lipinski definition) is 1. The van der Waals surface area contributed by atoms with Gasteiger partial charge in [-0.1, -0.05) is 0 Å². The first-order valence-corrected chi connectivity index (χ1v) is 3.51. The van der Waals surface area contributed by atoms with Crippen molar-refractivity contribution in [3.05, 3.63) is 24.6 Å². The summed E-state index contributed by atoms with van der Waals surface area (Å²) in [7, 11) is 0. The normalized spacial score (nSPS) is 28.7. The molecule has 1 unspecified atom stereocenters. The number of nitrogens with zero attached hydrogens (tertiary/aromatic N) is 1. The van der Waals surface area contributed by atoms with Gasteiger partial charge >= 0.3 is 0 Å². The Morgan fingerprint density at radius 2 is 2.60 bits per heavy atom. The van der Waals surface area contributed by atoms with E-state index in [0.29, 0.717) is 0 Å². The molecule has 52 valence electrons. The molecule has 2 aliphatic heterocycles. The van der Waals surface area contributed by atoms with E-state index in [1.165, 1.54) is 5.71 Å². The molecule has 2 heteroatoms. The highest BCUT2D eigenvalue weighted by molar-refractivity contribution is 5.93. The predicted molar refractivity (Wildman–Crippen MR) is 38.7 cm³/mol. The number of allylic oxidation sites excluding steroid dienone is 2. The Balaban J connectivity index is 2.37. The Morgan fingerprint density at radius 1 is 1.70 bits per heavy atom. The molecule has 0 aromatic carbocycles. The maximum Gasteiger partial charge on any atom is 0.298 e. The summed E-state index contributed by atoms with van der Waals surface area (Å²) in [5.41, 5.74) is 1.33. The van der Waals surface area contributed by atoms with Crippen molar-refractivity contribution < 1.29 is 9.31 Å². The Labute approximate surface area is 60.1 Å². The summed E-state index contributed by atoms with van der Waals surface area (Å²) in [4.78, 5) is 0. The molecule has 0 amide bonds. The maximum absolute atomic E-state index is 5.26. The average molecular weight is 136 g/mol. The van der Waals surface area contributed by atoms with Crippen LogP contribution in [0.2, 0.25) is 0 Å². The smallest absolute Gasteiger partial charge is 0.298 e. The molecule has 0 aliphatic carbocycles. The minimum atomic E-state index is 0.179. The van der Waals surface area contributed by atoms with Crippen molar-refractivity contribution in [2.24, 2.45) is 0 Å². The van der Waals surface area contributed by atoms with Gasteiger partial charge in [-0.25, -0.2) is 0 Å². The van der Waals surface area contributed by atoms with Crippen molar-refractivity contribution in [3.8, 4) is 0 Å². The van der Waals surface area contributed by atoms with E-state index >= 15 is 0 Å². The van der Waals surface area contributed by atoms with Gasteiger partial charge in [0.15, 0.2) is 11.9 Å². The second kappa shape index (κ2) is 1.97. The van der Waals surface area contributed by atoms with E-state index in [1.54, 1.807) is 6.26 Å². The molecule has 2 heterocycles. The minimum absolute atomic E-state index is 0.179. The zero-order valence-electron chi connectivity index (χ0n) is 5.95. The summed E-state index contributed by atoms with van der Waals surface area (Å²) in [5.74, 6) is 0. The molecule has 0 N–H and O–H groups in total. The highest BCUT2D eigenvalue weighted by atomic mass is 16.5. The van der Waals surface area contributed by atoms with Crippen molar-refractivity contribution in [2.75, 3.05) is 0 Å². The van der Waals surface area contributed by atoms with Crippen LogP contribution in [0, 0.1) is 0 Å². The van der Waals surface area contributed by atoms with Crippen LogP contribution >= 0.6 is 0 Å². The third-order valence-electron chi connectivity index (χ3n) is 1.85. The van der Waals surface area contributed by atoms with Gasteiger partial charge in [-0.3, -0.25) is 0 Å². The molecule has 0 saturated carbocycles. The topological polar surface area (TPSA) is 12.2 Å². The monoisotopic (exact) mass is 136 g/mol. The maximum atomic E-state index is 5.26. The summed E-state index contributed by atoms with van der Waals surface area (Å²) in [5, 5.41) is 0. The van der Waals surface area contributed by atoms with E-state index in [1.807, 2.05) is 13.0 Å². The van der Waals surface area contributed by atoms with Crippen LogP contribution in [0.15, 0.2) is 24.6 Å². The Morgan fingerprint density at radius 3 is 3.40 bits per heavy atom. The van der Waals surface area contributed by atoms with Crippen LogP contribution in [0.4, 0.5) is 0 Å². The van der Waals surface area contributed by atoms with E-state index in [0.717, 1.165) is 6.42 Å². The highest BCUT2D eigenvalue weighted by Gasteiger charge is 2.24. The fourth-order valence-corrected chi connectivity index (χ4v) is 1.29. The molecule has 2 aliphatic rings. The molecular formula is C8H10NO+. The predicted octanol–water partition coefficient (Wildman–Crippen LogP) is 1.25. The third-order valence-corrected chi connectivity index (χ3v) is 1.85. The van der Waals surface area contributed by atoms with Gasteiger partial charge in [-0.2, -0.15) is 4.58 Å². The average Bonchev–Trinajstić information content (AvgIpc) is 2.36. The van der Waals surface area contributed by atoms with Gasteiger partial charge in [-0.15, -0.1) is 0 Å². The number of rotatable bonds is 0. The van der Waals surface area contributed by atoms with Crippen LogP contribution in [0.1, 0.15) is 13.3 Å². The molecule has 2 rings (SSSR count). The molecule has 0 saturated heterocycles. The lowest BCUT2D eigenvalue weighted by Crippen LogP contribution is -2.26. The zero-order chi connectivity index (χ0) is 6.97. The van der Waals surface area contributed by atoms with Gasteiger partial charge in [0.05, 0.1) is 12.7 Å². The van der Waals surface area contributed by atoms with Crippen molar-refractivity contribution in [1.82, 2.24) is 0 Å². The summed E-state index contributed by atoms with van der Waals surface area (Å²) in [6.07, 6.45) is 9.22. The minimum Gasteiger partial charge on any atom is -0.441 e. The molecule has 0 bridgehead atoms. The Kier molecular flexibility index (Phi) is 1.13. The van der Waals surface area contributed by atoms with Gasteiger partial charge in [0.25, 0.3) is 6.23 Å². The molecule has 10 heavy (non-hydrogen) atoms.